The summed E-state index contributed by atoms with van der Waals surface area (Å²) in [5, 5.41) is 9.22. The first kappa shape index (κ1) is 25.4. The molecular weight excluding hydrogens is 348 g/mol. The zero-order valence-electron chi connectivity index (χ0n) is 17.3. The molecule has 6 nitrogen and oxygen atoms in total. The highest BCUT2D eigenvalue weighted by molar-refractivity contribution is 5.85. The molecule has 0 saturated heterocycles. The van der Waals surface area contributed by atoms with Gasteiger partial charge in [-0.15, -0.1) is 0 Å². The molecular formula is C21H38O6. The molecule has 158 valence electrons. The highest BCUT2D eigenvalue weighted by Gasteiger charge is 2.33. The maximum absolute atomic E-state index is 12.3. The highest BCUT2D eigenvalue weighted by Crippen LogP contribution is 2.19. The molecule has 0 radical (unpaired) electrons. The third kappa shape index (κ3) is 13.3. The molecule has 0 aromatic carbocycles. The first-order valence-corrected chi connectivity index (χ1v) is 10.5. The average molecular weight is 387 g/mol. The lowest BCUT2D eigenvalue weighted by Crippen LogP contribution is -2.32. The third-order valence-corrected chi connectivity index (χ3v) is 4.69. The maximum Gasteiger partial charge on any atom is 0.310 e. The molecule has 2 atom stereocenters. The second-order valence-electron chi connectivity index (χ2n) is 7.15. The Morgan fingerprint density at radius 1 is 0.778 bits per heavy atom. The zero-order chi connectivity index (χ0) is 20.5. The summed E-state index contributed by atoms with van der Waals surface area (Å²) in [6.07, 6.45) is 10.1. The molecule has 0 rings (SSSR count). The molecule has 0 bridgehead atoms. The Labute approximate surface area is 164 Å². The molecule has 0 spiro atoms. The van der Waals surface area contributed by atoms with Crippen LogP contribution in [0.15, 0.2) is 0 Å². The van der Waals surface area contributed by atoms with Crippen LogP contribution in [0.4, 0.5) is 0 Å². The SMILES string of the molecule is CCCCCCCOC(=O)CC(C(=O)OCCCCCCC)C(C)C(=O)O. The van der Waals surface area contributed by atoms with E-state index in [2.05, 4.69) is 13.8 Å². The van der Waals surface area contributed by atoms with Gasteiger partial charge in [-0.2, -0.15) is 0 Å². The number of aliphatic carboxylic acids is 1. The minimum Gasteiger partial charge on any atom is -0.481 e. The quantitative estimate of drug-likeness (QED) is 0.287. The van der Waals surface area contributed by atoms with E-state index in [1.165, 1.54) is 6.92 Å². The maximum atomic E-state index is 12.3. The Hall–Kier alpha value is -1.59. The molecule has 0 aromatic rings. The lowest BCUT2D eigenvalue weighted by Gasteiger charge is -2.19. The number of rotatable bonds is 17. The van der Waals surface area contributed by atoms with E-state index in [-0.39, 0.29) is 13.0 Å². The van der Waals surface area contributed by atoms with Crippen molar-refractivity contribution >= 4 is 17.9 Å². The summed E-state index contributed by atoms with van der Waals surface area (Å²) in [4.78, 5) is 35.5. The molecule has 0 heterocycles. The predicted octanol–water partition coefficient (Wildman–Crippen LogP) is 4.74. The van der Waals surface area contributed by atoms with Crippen molar-refractivity contribution in [1.29, 1.82) is 0 Å². The molecule has 27 heavy (non-hydrogen) atoms. The van der Waals surface area contributed by atoms with Crippen molar-refractivity contribution in [2.45, 2.75) is 91.4 Å². The Morgan fingerprint density at radius 3 is 1.74 bits per heavy atom. The summed E-state index contributed by atoms with van der Waals surface area (Å²) in [5.41, 5.74) is 0. The van der Waals surface area contributed by atoms with Crippen LogP contribution < -0.4 is 0 Å². The van der Waals surface area contributed by atoms with Crippen LogP contribution in [0, 0.1) is 11.8 Å². The van der Waals surface area contributed by atoms with Crippen LogP contribution in [0.2, 0.25) is 0 Å². The molecule has 0 aliphatic carbocycles. The first-order valence-electron chi connectivity index (χ1n) is 10.5. The van der Waals surface area contributed by atoms with Crippen LogP contribution in [0.25, 0.3) is 0 Å². The summed E-state index contributed by atoms with van der Waals surface area (Å²) in [6, 6.07) is 0. The van der Waals surface area contributed by atoms with E-state index in [9.17, 15) is 19.5 Å². The van der Waals surface area contributed by atoms with Crippen LogP contribution in [-0.2, 0) is 23.9 Å². The van der Waals surface area contributed by atoms with Crippen molar-refractivity contribution in [2.24, 2.45) is 11.8 Å². The minimum absolute atomic E-state index is 0.253. The third-order valence-electron chi connectivity index (χ3n) is 4.69. The summed E-state index contributed by atoms with van der Waals surface area (Å²) < 4.78 is 10.4. The molecule has 0 aliphatic rings. The van der Waals surface area contributed by atoms with Gasteiger partial charge in [-0.1, -0.05) is 72.1 Å². The van der Waals surface area contributed by atoms with Crippen molar-refractivity contribution in [3.05, 3.63) is 0 Å². The Morgan fingerprint density at radius 2 is 1.26 bits per heavy atom. The van der Waals surface area contributed by atoms with E-state index >= 15 is 0 Å². The fourth-order valence-electron chi connectivity index (χ4n) is 2.75. The van der Waals surface area contributed by atoms with Gasteiger partial charge in [-0.05, 0) is 12.8 Å². The van der Waals surface area contributed by atoms with Gasteiger partial charge < -0.3 is 14.6 Å². The number of esters is 2. The number of carboxylic acid groups (broad SMARTS) is 1. The van der Waals surface area contributed by atoms with E-state index in [1.54, 1.807) is 0 Å². The van der Waals surface area contributed by atoms with E-state index in [4.69, 9.17) is 9.47 Å². The second kappa shape index (κ2) is 16.6. The van der Waals surface area contributed by atoms with Crippen LogP contribution >= 0.6 is 0 Å². The summed E-state index contributed by atoms with van der Waals surface area (Å²) >= 11 is 0. The van der Waals surface area contributed by atoms with Crippen molar-refractivity contribution in [2.75, 3.05) is 13.2 Å². The fraction of sp³-hybridized carbons (Fsp3) is 0.857. The molecule has 0 saturated carbocycles. The average Bonchev–Trinajstić information content (AvgIpc) is 2.64. The van der Waals surface area contributed by atoms with E-state index < -0.39 is 29.7 Å². The van der Waals surface area contributed by atoms with Gasteiger partial charge in [0, 0.05) is 0 Å². The molecule has 2 unspecified atom stereocenters. The number of ether oxygens (including phenoxy) is 2. The van der Waals surface area contributed by atoms with Crippen LogP contribution in [0.1, 0.15) is 91.4 Å². The van der Waals surface area contributed by atoms with Gasteiger partial charge in [0.2, 0.25) is 0 Å². The standard InChI is InChI=1S/C21H38O6/c1-4-6-8-10-12-14-26-19(22)16-18(17(3)20(23)24)21(25)27-15-13-11-9-7-5-2/h17-18H,4-16H2,1-3H3,(H,23,24). The molecule has 0 aromatic heterocycles. The topological polar surface area (TPSA) is 89.9 Å². The van der Waals surface area contributed by atoms with Gasteiger partial charge >= 0.3 is 17.9 Å². The predicted molar refractivity (Wildman–Crippen MR) is 104 cm³/mol. The second-order valence-corrected chi connectivity index (χ2v) is 7.15. The van der Waals surface area contributed by atoms with Crippen molar-refractivity contribution in [1.82, 2.24) is 0 Å². The highest BCUT2D eigenvalue weighted by atomic mass is 16.5. The van der Waals surface area contributed by atoms with Crippen molar-refractivity contribution < 1.29 is 29.0 Å². The van der Waals surface area contributed by atoms with Gasteiger partial charge in [-0.25, -0.2) is 0 Å². The lowest BCUT2D eigenvalue weighted by atomic mass is 9.91. The van der Waals surface area contributed by atoms with Crippen molar-refractivity contribution in [3.8, 4) is 0 Å². The molecule has 0 amide bonds. The van der Waals surface area contributed by atoms with E-state index in [0.29, 0.717) is 6.61 Å². The van der Waals surface area contributed by atoms with E-state index in [0.717, 1.165) is 64.2 Å². The Balaban J connectivity index is 4.31. The number of carboxylic acids is 1. The van der Waals surface area contributed by atoms with Crippen LogP contribution in [0.5, 0.6) is 0 Å². The van der Waals surface area contributed by atoms with Gasteiger partial charge in [0.1, 0.15) is 0 Å². The minimum atomic E-state index is -1.12. The van der Waals surface area contributed by atoms with Crippen LogP contribution in [-0.4, -0.2) is 36.2 Å². The Kier molecular flexibility index (Phi) is 15.6. The lowest BCUT2D eigenvalue weighted by molar-refractivity contribution is -0.161. The molecule has 0 aliphatic heterocycles. The number of hydrogen-bond donors (Lipinski definition) is 1. The smallest absolute Gasteiger partial charge is 0.310 e. The van der Waals surface area contributed by atoms with Crippen molar-refractivity contribution in [3.63, 3.8) is 0 Å². The number of unbranched alkanes of at least 4 members (excludes halogenated alkanes) is 8. The summed E-state index contributed by atoms with van der Waals surface area (Å²) in [5.74, 6) is -4.28. The monoisotopic (exact) mass is 386 g/mol. The fourth-order valence-corrected chi connectivity index (χ4v) is 2.75. The summed E-state index contributed by atoms with van der Waals surface area (Å²) in [7, 11) is 0. The zero-order valence-corrected chi connectivity index (χ0v) is 17.3. The number of carbonyl (C=O) groups is 3. The number of carbonyl (C=O) groups excluding carboxylic acids is 2. The first-order chi connectivity index (χ1) is 12.9. The largest absolute Gasteiger partial charge is 0.481 e. The number of hydrogen-bond acceptors (Lipinski definition) is 5. The normalized spacial score (nSPS) is 13.0. The van der Waals surface area contributed by atoms with Crippen LogP contribution in [0.3, 0.4) is 0 Å². The molecule has 1 N–H and O–H groups in total. The van der Waals surface area contributed by atoms with E-state index in [1.807, 2.05) is 0 Å². The summed E-state index contributed by atoms with van der Waals surface area (Å²) in [6.45, 7) is 6.25. The Bertz CT molecular complexity index is 421. The van der Waals surface area contributed by atoms with Gasteiger partial charge in [0.25, 0.3) is 0 Å². The van der Waals surface area contributed by atoms with Gasteiger partial charge in [0.05, 0.1) is 31.5 Å². The molecule has 6 heteroatoms. The van der Waals surface area contributed by atoms with Gasteiger partial charge in [0.15, 0.2) is 0 Å². The molecule has 0 fully saturated rings. The van der Waals surface area contributed by atoms with Gasteiger partial charge in [-0.3, -0.25) is 14.4 Å².